The summed E-state index contributed by atoms with van der Waals surface area (Å²) in [6.45, 7) is 2.01. The van der Waals surface area contributed by atoms with Crippen LogP contribution in [0.2, 0.25) is 0 Å². The first-order valence-corrected chi connectivity index (χ1v) is 4.35. The van der Waals surface area contributed by atoms with Crippen LogP contribution in [0.25, 0.3) is 0 Å². The van der Waals surface area contributed by atoms with Crippen LogP contribution in [0, 0.1) is 6.92 Å². The van der Waals surface area contributed by atoms with E-state index in [1.165, 1.54) is 0 Å². The second-order valence-electron chi connectivity index (χ2n) is 2.45. The quantitative estimate of drug-likeness (QED) is 0.729. The van der Waals surface area contributed by atoms with E-state index in [1.807, 2.05) is 20.0 Å². The molecule has 0 atom stereocenters. The zero-order chi connectivity index (χ0) is 9.14. The number of pyridine rings is 1. The van der Waals surface area contributed by atoms with Gasteiger partial charge in [-0.1, -0.05) is 0 Å². The van der Waals surface area contributed by atoms with Gasteiger partial charge in [0.05, 0.1) is 11.6 Å². The van der Waals surface area contributed by atoms with Gasteiger partial charge in [-0.15, -0.1) is 0 Å². The monoisotopic (exact) mass is 230 g/mol. The summed E-state index contributed by atoms with van der Waals surface area (Å²) in [5.74, 6) is 0.789. The molecule has 1 rings (SSSR count). The highest BCUT2D eigenvalue weighted by Gasteiger charge is 2.07. The lowest BCUT2D eigenvalue weighted by Crippen LogP contribution is -2.16. The molecule has 3 nitrogen and oxygen atoms in total. The third-order valence-electron chi connectivity index (χ3n) is 1.64. The molecule has 0 aliphatic heterocycles. The van der Waals surface area contributed by atoms with Crippen LogP contribution in [0.4, 0.5) is 5.82 Å². The molecule has 0 unspecified atom stereocenters. The van der Waals surface area contributed by atoms with Gasteiger partial charge in [-0.25, -0.2) is 10.0 Å². The fourth-order valence-corrected chi connectivity index (χ4v) is 1.32. The molecule has 0 fully saturated rings. The molecule has 0 saturated carbocycles. The molecule has 0 aliphatic carbocycles. The Morgan fingerprint density at radius 1 is 1.58 bits per heavy atom. The number of halogens is 1. The Labute approximate surface area is 80.4 Å². The Balaban J connectivity index is 3.07. The maximum Gasteiger partial charge on any atom is 0.166 e. The first-order valence-electron chi connectivity index (χ1n) is 3.55. The highest BCUT2D eigenvalue weighted by Crippen LogP contribution is 2.25. The van der Waals surface area contributed by atoms with Gasteiger partial charge in [0.25, 0.3) is 0 Å². The smallest absolute Gasteiger partial charge is 0.166 e. The minimum atomic E-state index is 0.789. The number of aromatic nitrogens is 1. The highest BCUT2D eigenvalue weighted by atomic mass is 79.9. The Kier molecular flexibility index (Phi) is 3.05. The van der Waals surface area contributed by atoms with Gasteiger partial charge in [0.1, 0.15) is 0 Å². The SMILES string of the molecule is CON(C)c1nccc(C)c1Br. The number of hydrogen-bond acceptors (Lipinski definition) is 3. The first kappa shape index (κ1) is 9.48. The van der Waals surface area contributed by atoms with Crippen molar-refractivity contribution in [3.05, 3.63) is 22.3 Å². The van der Waals surface area contributed by atoms with E-state index in [-0.39, 0.29) is 0 Å². The van der Waals surface area contributed by atoms with E-state index in [0.29, 0.717) is 0 Å². The van der Waals surface area contributed by atoms with Gasteiger partial charge in [-0.3, -0.25) is 4.84 Å². The van der Waals surface area contributed by atoms with E-state index in [1.54, 1.807) is 18.4 Å². The van der Waals surface area contributed by atoms with Gasteiger partial charge in [0.15, 0.2) is 5.82 Å². The third kappa shape index (κ3) is 1.76. The van der Waals surface area contributed by atoms with Crippen molar-refractivity contribution in [3.8, 4) is 0 Å². The maximum absolute atomic E-state index is 5.01. The first-order chi connectivity index (χ1) is 5.66. The minimum absolute atomic E-state index is 0.789. The van der Waals surface area contributed by atoms with Crippen LogP contribution in [0.1, 0.15) is 5.56 Å². The molecule has 0 N–H and O–H groups in total. The lowest BCUT2D eigenvalue weighted by Gasteiger charge is -2.16. The summed E-state index contributed by atoms with van der Waals surface area (Å²) in [7, 11) is 3.42. The second kappa shape index (κ2) is 3.87. The van der Waals surface area contributed by atoms with Gasteiger partial charge in [-0.05, 0) is 34.5 Å². The topological polar surface area (TPSA) is 25.4 Å². The molecule has 1 aromatic rings. The summed E-state index contributed by atoms with van der Waals surface area (Å²) in [6, 6.07) is 1.94. The standard InChI is InChI=1S/C8H11BrN2O/c1-6-4-5-10-8(7(6)9)11(2)12-3/h4-5H,1-3H3. The molecule has 4 heteroatoms. The third-order valence-corrected chi connectivity index (χ3v) is 2.62. The van der Waals surface area contributed by atoms with E-state index in [2.05, 4.69) is 20.9 Å². The van der Waals surface area contributed by atoms with Gasteiger partial charge in [-0.2, -0.15) is 0 Å². The van der Waals surface area contributed by atoms with Crippen molar-refractivity contribution >= 4 is 21.7 Å². The lowest BCUT2D eigenvalue weighted by atomic mass is 10.3. The zero-order valence-corrected chi connectivity index (χ0v) is 8.92. The fourth-order valence-electron chi connectivity index (χ4n) is 0.832. The van der Waals surface area contributed by atoms with E-state index in [4.69, 9.17) is 4.84 Å². The molecule has 0 radical (unpaired) electrons. The van der Waals surface area contributed by atoms with Gasteiger partial charge in [0, 0.05) is 13.2 Å². The molecule has 0 aromatic carbocycles. The maximum atomic E-state index is 5.01. The number of anilines is 1. The van der Waals surface area contributed by atoms with Gasteiger partial charge >= 0.3 is 0 Å². The van der Waals surface area contributed by atoms with E-state index < -0.39 is 0 Å². The normalized spacial score (nSPS) is 10.0. The Morgan fingerprint density at radius 2 is 2.25 bits per heavy atom. The number of nitrogens with zero attached hydrogens (tertiary/aromatic N) is 2. The van der Waals surface area contributed by atoms with Crippen molar-refractivity contribution in [2.45, 2.75) is 6.92 Å². The van der Waals surface area contributed by atoms with Crippen molar-refractivity contribution in [2.24, 2.45) is 0 Å². The van der Waals surface area contributed by atoms with Crippen molar-refractivity contribution in [2.75, 3.05) is 19.2 Å². The second-order valence-corrected chi connectivity index (χ2v) is 3.24. The molecular formula is C8H11BrN2O. The number of hydrogen-bond donors (Lipinski definition) is 0. The predicted molar refractivity (Wildman–Crippen MR) is 52.1 cm³/mol. The molecule has 0 bridgehead atoms. The van der Waals surface area contributed by atoms with Crippen LogP contribution in [-0.4, -0.2) is 19.1 Å². The average molecular weight is 231 g/mol. The molecule has 0 saturated heterocycles. The Hall–Kier alpha value is -0.610. The molecule has 1 aromatic heterocycles. The summed E-state index contributed by atoms with van der Waals surface area (Å²) < 4.78 is 0.967. The van der Waals surface area contributed by atoms with Crippen molar-refractivity contribution in [1.29, 1.82) is 0 Å². The van der Waals surface area contributed by atoms with Crippen LogP contribution in [0.15, 0.2) is 16.7 Å². The van der Waals surface area contributed by atoms with Gasteiger partial charge in [0.2, 0.25) is 0 Å². The van der Waals surface area contributed by atoms with E-state index in [0.717, 1.165) is 15.9 Å². The Bertz CT molecular complexity index is 278. The largest absolute Gasteiger partial charge is 0.276 e. The van der Waals surface area contributed by atoms with Crippen LogP contribution in [0.5, 0.6) is 0 Å². The summed E-state index contributed by atoms with van der Waals surface area (Å²) in [5.41, 5.74) is 1.14. The average Bonchev–Trinajstić information content (AvgIpc) is 2.08. The molecule has 0 aliphatic rings. The minimum Gasteiger partial charge on any atom is -0.276 e. The summed E-state index contributed by atoms with van der Waals surface area (Å²) in [5, 5.41) is 1.61. The summed E-state index contributed by atoms with van der Waals surface area (Å²) >= 11 is 3.44. The number of rotatable bonds is 2. The van der Waals surface area contributed by atoms with Crippen LogP contribution in [0.3, 0.4) is 0 Å². The van der Waals surface area contributed by atoms with Crippen molar-refractivity contribution in [3.63, 3.8) is 0 Å². The molecule has 1 heterocycles. The molecular weight excluding hydrogens is 220 g/mol. The van der Waals surface area contributed by atoms with Crippen LogP contribution in [-0.2, 0) is 4.84 Å². The number of aryl methyl sites for hydroxylation is 1. The van der Waals surface area contributed by atoms with Crippen molar-refractivity contribution < 1.29 is 4.84 Å². The molecule has 0 amide bonds. The molecule has 0 spiro atoms. The highest BCUT2D eigenvalue weighted by molar-refractivity contribution is 9.10. The summed E-state index contributed by atoms with van der Waals surface area (Å²) in [4.78, 5) is 9.18. The fraction of sp³-hybridized carbons (Fsp3) is 0.375. The molecule has 66 valence electrons. The summed E-state index contributed by atoms with van der Waals surface area (Å²) in [6.07, 6.45) is 1.75. The van der Waals surface area contributed by atoms with E-state index in [9.17, 15) is 0 Å². The number of hydroxylamine groups is 1. The Morgan fingerprint density at radius 3 is 2.83 bits per heavy atom. The van der Waals surface area contributed by atoms with Crippen molar-refractivity contribution in [1.82, 2.24) is 4.98 Å². The van der Waals surface area contributed by atoms with Crippen LogP contribution >= 0.6 is 15.9 Å². The van der Waals surface area contributed by atoms with Gasteiger partial charge < -0.3 is 0 Å². The predicted octanol–water partition coefficient (Wildman–Crippen LogP) is 2.15. The van der Waals surface area contributed by atoms with Crippen LogP contribution < -0.4 is 5.06 Å². The molecule has 12 heavy (non-hydrogen) atoms. The lowest BCUT2D eigenvalue weighted by molar-refractivity contribution is 0.182. The van der Waals surface area contributed by atoms with E-state index >= 15 is 0 Å². The zero-order valence-electron chi connectivity index (χ0n) is 7.34.